The van der Waals surface area contributed by atoms with Crippen LogP contribution in [0.25, 0.3) is 0 Å². The molecule has 148 valence electrons. The van der Waals surface area contributed by atoms with Crippen LogP contribution in [0.2, 0.25) is 0 Å². The van der Waals surface area contributed by atoms with Crippen molar-refractivity contribution in [1.82, 2.24) is 4.90 Å². The van der Waals surface area contributed by atoms with Gasteiger partial charge in [0.2, 0.25) is 0 Å². The second-order valence-corrected chi connectivity index (χ2v) is 8.94. The summed E-state index contributed by atoms with van der Waals surface area (Å²) in [5.74, 6) is 0.647. The van der Waals surface area contributed by atoms with Gasteiger partial charge in [-0.05, 0) is 30.7 Å². The average Bonchev–Trinajstić information content (AvgIpc) is 2.74. The number of aryl methyl sites for hydroxylation is 1. The maximum Gasteiger partial charge on any atom is 0.519 e. The summed E-state index contributed by atoms with van der Waals surface area (Å²) in [5.41, 5.74) is 0.586. The Morgan fingerprint density at radius 3 is 1.92 bits per heavy atom. The monoisotopic (exact) mass is 357 g/mol. The highest BCUT2D eigenvalue weighted by Crippen LogP contribution is 2.21. The van der Waals surface area contributed by atoms with E-state index in [4.69, 9.17) is 13.6 Å². The van der Waals surface area contributed by atoms with Gasteiger partial charge in [-0.2, -0.15) is 0 Å². The lowest BCUT2D eigenvalue weighted by molar-refractivity contribution is 0.0333. The van der Waals surface area contributed by atoms with Crippen LogP contribution in [-0.4, -0.2) is 37.7 Å². The smallest absolute Gasteiger partial charge is 0.396 e. The lowest BCUT2D eigenvalue weighted by atomic mass is 9.91. The van der Waals surface area contributed by atoms with Crippen molar-refractivity contribution in [3.63, 3.8) is 0 Å². The standard InChI is InChI=1S/C10H21NO.C9H14O3.CH4/c1-10(2,3)4-5-11-6-8-12-9-7-11;1-6-7(5-9(2,3)4)12-8(10)11-6;/h4-9H2,1-3H3;5H2,1-4H3;1H4. The number of hydrogen-bond donors (Lipinski definition) is 0. The van der Waals surface area contributed by atoms with E-state index in [2.05, 4.69) is 46.4 Å². The van der Waals surface area contributed by atoms with Gasteiger partial charge in [0.05, 0.1) is 13.2 Å². The van der Waals surface area contributed by atoms with Gasteiger partial charge in [0.25, 0.3) is 0 Å². The van der Waals surface area contributed by atoms with Crippen LogP contribution in [0.5, 0.6) is 0 Å². The van der Waals surface area contributed by atoms with Crippen molar-refractivity contribution >= 4 is 0 Å². The van der Waals surface area contributed by atoms with Crippen molar-refractivity contribution in [2.24, 2.45) is 10.8 Å². The Balaban J connectivity index is 0.000000443. The minimum atomic E-state index is -0.605. The van der Waals surface area contributed by atoms with Crippen molar-refractivity contribution in [2.45, 2.75) is 68.7 Å². The van der Waals surface area contributed by atoms with Gasteiger partial charge < -0.3 is 13.6 Å². The van der Waals surface area contributed by atoms with Crippen molar-refractivity contribution in [2.75, 3.05) is 32.8 Å². The molecule has 1 fully saturated rings. The normalized spacial score (nSPS) is 16.0. The van der Waals surface area contributed by atoms with E-state index in [0.29, 0.717) is 16.9 Å². The third-order valence-electron chi connectivity index (χ3n) is 3.81. The number of rotatable bonds is 3. The van der Waals surface area contributed by atoms with Gasteiger partial charge in [-0.1, -0.05) is 49.0 Å². The SMILES string of the molecule is C.CC(C)(C)CCN1CCOCC1.Cc1oc(=O)oc1CC(C)(C)C. The molecule has 0 aliphatic carbocycles. The molecule has 1 aliphatic heterocycles. The molecule has 2 heterocycles. The van der Waals surface area contributed by atoms with Gasteiger partial charge in [0, 0.05) is 19.5 Å². The Morgan fingerprint density at radius 1 is 0.960 bits per heavy atom. The molecule has 1 aliphatic rings. The minimum absolute atomic E-state index is 0. The lowest BCUT2D eigenvalue weighted by Crippen LogP contribution is -2.37. The summed E-state index contributed by atoms with van der Waals surface area (Å²) in [7, 11) is 0. The Morgan fingerprint density at radius 2 is 1.52 bits per heavy atom. The van der Waals surface area contributed by atoms with E-state index in [0.717, 1.165) is 32.7 Å². The maximum atomic E-state index is 10.7. The molecule has 0 unspecified atom stereocenters. The maximum absolute atomic E-state index is 10.7. The molecule has 1 saturated heterocycles. The molecular formula is C20H39NO4. The summed E-state index contributed by atoms with van der Waals surface area (Å²) in [6.07, 6.45) is 2.01. The van der Waals surface area contributed by atoms with Gasteiger partial charge in [0.1, 0.15) is 11.5 Å². The molecule has 0 spiro atoms. The van der Waals surface area contributed by atoms with Gasteiger partial charge >= 0.3 is 5.82 Å². The Kier molecular flexibility index (Phi) is 9.73. The molecule has 0 bridgehead atoms. The van der Waals surface area contributed by atoms with Crippen molar-refractivity contribution in [1.29, 1.82) is 0 Å². The second kappa shape index (κ2) is 10.2. The first kappa shape index (κ1) is 23.9. The average molecular weight is 358 g/mol. The molecule has 2 rings (SSSR count). The van der Waals surface area contributed by atoms with Crippen molar-refractivity contribution < 1.29 is 13.6 Å². The van der Waals surface area contributed by atoms with Gasteiger partial charge in [-0.25, -0.2) is 4.79 Å². The van der Waals surface area contributed by atoms with Crippen LogP contribution < -0.4 is 5.82 Å². The van der Waals surface area contributed by atoms with E-state index in [-0.39, 0.29) is 12.8 Å². The minimum Gasteiger partial charge on any atom is -0.396 e. The molecule has 1 aromatic heterocycles. The molecule has 5 heteroatoms. The van der Waals surface area contributed by atoms with Crippen LogP contribution in [0, 0.1) is 17.8 Å². The summed E-state index contributed by atoms with van der Waals surface area (Å²) in [5, 5.41) is 0. The van der Waals surface area contributed by atoms with E-state index >= 15 is 0 Å². The Bertz CT molecular complexity index is 525. The summed E-state index contributed by atoms with van der Waals surface area (Å²) in [6, 6.07) is 0. The molecule has 25 heavy (non-hydrogen) atoms. The van der Waals surface area contributed by atoms with Gasteiger partial charge in [-0.15, -0.1) is 0 Å². The van der Waals surface area contributed by atoms with Crippen LogP contribution in [0.1, 0.15) is 66.9 Å². The number of ether oxygens (including phenoxy) is 1. The quantitative estimate of drug-likeness (QED) is 0.796. The number of nitrogens with zero attached hydrogens (tertiary/aromatic N) is 1. The van der Waals surface area contributed by atoms with Crippen LogP contribution in [0.3, 0.4) is 0 Å². The predicted octanol–water partition coefficient (Wildman–Crippen LogP) is 4.52. The first-order chi connectivity index (χ1) is 11.0. The molecular weight excluding hydrogens is 318 g/mol. The van der Waals surface area contributed by atoms with Crippen molar-refractivity contribution in [3.8, 4) is 0 Å². The fraction of sp³-hybridized carbons (Fsp3) is 0.850. The Hall–Kier alpha value is -1.07. The zero-order chi connectivity index (χ0) is 18.4. The molecule has 0 aromatic carbocycles. The van der Waals surface area contributed by atoms with Crippen LogP contribution in [-0.2, 0) is 11.2 Å². The van der Waals surface area contributed by atoms with Gasteiger partial charge in [0.15, 0.2) is 0 Å². The summed E-state index contributed by atoms with van der Waals surface area (Å²) >= 11 is 0. The summed E-state index contributed by atoms with van der Waals surface area (Å²) < 4.78 is 14.9. The van der Waals surface area contributed by atoms with E-state index in [1.807, 2.05) is 0 Å². The zero-order valence-electron chi connectivity index (χ0n) is 16.5. The van der Waals surface area contributed by atoms with Crippen LogP contribution in [0.15, 0.2) is 13.6 Å². The molecule has 0 atom stereocenters. The molecule has 0 saturated carbocycles. The molecule has 1 aromatic rings. The fourth-order valence-electron chi connectivity index (χ4n) is 2.34. The molecule has 0 N–H and O–H groups in total. The third kappa shape index (κ3) is 11.2. The highest BCUT2D eigenvalue weighted by atomic mass is 16.6. The van der Waals surface area contributed by atoms with Crippen LogP contribution >= 0.6 is 0 Å². The Labute approximate surface area is 153 Å². The lowest BCUT2D eigenvalue weighted by Gasteiger charge is -2.29. The van der Waals surface area contributed by atoms with E-state index in [1.54, 1.807) is 6.92 Å². The van der Waals surface area contributed by atoms with E-state index < -0.39 is 5.82 Å². The second-order valence-electron chi connectivity index (χ2n) is 8.94. The molecule has 0 amide bonds. The summed E-state index contributed by atoms with van der Waals surface area (Å²) in [6.45, 7) is 20.2. The van der Waals surface area contributed by atoms with Crippen molar-refractivity contribution in [3.05, 3.63) is 22.1 Å². The van der Waals surface area contributed by atoms with Gasteiger partial charge in [-0.3, -0.25) is 4.90 Å². The van der Waals surface area contributed by atoms with E-state index in [9.17, 15) is 4.79 Å². The summed E-state index contributed by atoms with van der Waals surface area (Å²) in [4.78, 5) is 13.2. The van der Waals surface area contributed by atoms with E-state index in [1.165, 1.54) is 13.0 Å². The topological polar surface area (TPSA) is 55.8 Å². The molecule has 5 nitrogen and oxygen atoms in total. The first-order valence-electron chi connectivity index (χ1n) is 8.86. The number of morpholine rings is 1. The molecule has 0 radical (unpaired) electrons. The van der Waals surface area contributed by atoms with Crippen LogP contribution in [0.4, 0.5) is 0 Å². The first-order valence-corrected chi connectivity index (χ1v) is 8.86. The largest absolute Gasteiger partial charge is 0.519 e. The predicted molar refractivity (Wildman–Crippen MR) is 103 cm³/mol. The number of hydrogen-bond acceptors (Lipinski definition) is 5. The zero-order valence-corrected chi connectivity index (χ0v) is 16.5. The fourth-order valence-corrected chi connectivity index (χ4v) is 2.34. The highest BCUT2D eigenvalue weighted by molar-refractivity contribution is 5.02. The highest BCUT2D eigenvalue weighted by Gasteiger charge is 2.17. The third-order valence-corrected chi connectivity index (χ3v) is 3.81.